The van der Waals surface area contributed by atoms with Crippen molar-refractivity contribution < 1.29 is 4.79 Å². The lowest BCUT2D eigenvalue weighted by Crippen LogP contribution is -2.27. The summed E-state index contributed by atoms with van der Waals surface area (Å²) in [4.78, 5) is 34.0. The van der Waals surface area contributed by atoms with E-state index in [2.05, 4.69) is 29.1 Å². The Balaban J connectivity index is 1.76. The molecule has 1 amide bonds. The Bertz CT molecular complexity index is 791. The molecule has 0 atom stereocenters. The highest BCUT2D eigenvalue weighted by molar-refractivity contribution is 7.18. The molecule has 0 aromatic carbocycles. The molecule has 0 saturated heterocycles. The van der Waals surface area contributed by atoms with Gasteiger partial charge in [-0.15, -0.1) is 11.3 Å². The summed E-state index contributed by atoms with van der Waals surface area (Å²) in [5.74, 6) is 1.06. The maximum Gasteiger partial charge on any atom is 0.259 e. The van der Waals surface area contributed by atoms with Gasteiger partial charge in [-0.3, -0.25) is 9.59 Å². The largest absolute Gasteiger partial charge is 0.356 e. The number of hydrogen-bond donors (Lipinski definition) is 2. The number of hydrogen-bond acceptors (Lipinski definition) is 4. The number of carbonyl (C=O) groups is 1. The highest BCUT2D eigenvalue weighted by Crippen LogP contribution is 2.32. The predicted molar refractivity (Wildman–Crippen MR) is 97.7 cm³/mol. The highest BCUT2D eigenvalue weighted by atomic mass is 32.1. The van der Waals surface area contributed by atoms with Crippen LogP contribution in [0.1, 0.15) is 55.8 Å². The molecule has 2 N–H and O–H groups in total. The van der Waals surface area contributed by atoms with Crippen molar-refractivity contribution in [1.82, 2.24) is 15.3 Å². The van der Waals surface area contributed by atoms with Gasteiger partial charge in [0.05, 0.1) is 5.39 Å². The Morgan fingerprint density at radius 1 is 1.29 bits per heavy atom. The van der Waals surface area contributed by atoms with Crippen molar-refractivity contribution in [1.29, 1.82) is 0 Å². The van der Waals surface area contributed by atoms with E-state index >= 15 is 0 Å². The van der Waals surface area contributed by atoms with Crippen LogP contribution in [0.4, 0.5) is 0 Å². The number of aryl methyl sites for hydroxylation is 3. The molecule has 2 aromatic heterocycles. The monoisotopic (exact) mass is 347 g/mol. The first kappa shape index (κ1) is 17.1. The van der Waals surface area contributed by atoms with Crippen LogP contribution in [0.25, 0.3) is 10.2 Å². The van der Waals surface area contributed by atoms with Crippen molar-refractivity contribution >= 4 is 27.5 Å². The fraction of sp³-hybridized carbons (Fsp3) is 0.611. The van der Waals surface area contributed by atoms with Gasteiger partial charge in [0.2, 0.25) is 5.91 Å². The third-order valence-corrected chi connectivity index (χ3v) is 5.61. The molecule has 0 unspecified atom stereocenters. The molecule has 0 bridgehead atoms. The van der Waals surface area contributed by atoms with Gasteiger partial charge in [-0.2, -0.15) is 0 Å². The molecule has 0 spiro atoms. The summed E-state index contributed by atoms with van der Waals surface area (Å²) in [6, 6.07) is 0. The average Bonchev–Trinajstić information content (AvgIpc) is 2.73. The molecule has 3 rings (SSSR count). The summed E-state index contributed by atoms with van der Waals surface area (Å²) < 4.78 is 0. The van der Waals surface area contributed by atoms with E-state index in [0.717, 1.165) is 29.5 Å². The second kappa shape index (κ2) is 7.47. The van der Waals surface area contributed by atoms with Crippen LogP contribution >= 0.6 is 11.3 Å². The van der Waals surface area contributed by atoms with Crippen molar-refractivity contribution in [2.75, 3.05) is 6.54 Å². The van der Waals surface area contributed by atoms with Crippen molar-refractivity contribution in [3.63, 3.8) is 0 Å². The summed E-state index contributed by atoms with van der Waals surface area (Å²) in [7, 11) is 0. The van der Waals surface area contributed by atoms with Gasteiger partial charge in [-0.05, 0) is 37.2 Å². The zero-order valence-corrected chi connectivity index (χ0v) is 15.2. The molecule has 2 aromatic rings. The van der Waals surface area contributed by atoms with Crippen LogP contribution in [-0.4, -0.2) is 22.4 Å². The second-order valence-corrected chi connectivity index (χ2v) is 8.04. The Kier molecular flexibility index (Phi) is 5.33. The van der Waals surface area contributed by atoms with Gasteiger partial charge < -0.3 is 10.3 Å². The molecule has 0 saturated carbocycles. The zero-order chi connectivity index (χ0) is 17.1. The maximum absolute atomic E-state index is 12.5. The number of nitrogens with zero attached hydrogens (tertiary/aromatic N) is 1. The SMILES string of the molecule is CC(C)CNC(=O)CCc1nc2sc3c(c2c(=O)[nH]1)CCCCC3. The van der Waals surface area contributed by atoms with Crippen molar-refractivity contribution in [2.24, 2.45) is 5.92 Å². The van der Waals surface area contributed by atoms with E-state index in [1.165, 1.54) is 23.3 Å². The summed E-state index contributed by atoms with van der Waals surface area (Å²) in [6.45, 7) is 4.81. The van der Waals surface area contributed by atoms with Crippen LogP contribution in [0, 0.1) is 5.92 Å². The second-order valence-electron chi connectivity index (χ2n) is 6.96. The summed E-state index contributed by atoms with van der Waals surface area (Å²) >= 11 is 1.66. The zero-order valence-electron chi connectivity index (χ0n) is 14.4. The van der Waals surface area contributed by atoms with Crippen LogP contribution < -0.4 is 10.9 Å². The van der Waals surface area contributed by atoms with E-state index in [9.17, 15) is 9.59 Å². The molecule has 2 heterocycles. The van der Waals surface area contributed by atoms with E-state index < -0.39 is 0 Å². The Morgan fingerprint density at radius 3 is 2.88 bits per heavy atom. The molecule has 1 aliphatic carbocycles. The lowest BCUT2D eigenvalue weighted by Gasteiger charge is -2.07. The average molecular weight is 347 g/mol. The number of amides is 1. The van der Waals surface area contributed by atoms with Gasteiger partial charge in [-0.1, -0.05) is 20.3 Å². The Labute approximate surface area is 145 Å². The first-order valence-corrected chi connectivity index (χ1v) is 9.66. The molecule has 130 valence electrons. The molecule has 0 fully saturated rings. The molecular weight excluding hydrogens is 322 g/mol. The topological polar surface area (TPSA) is 74.8 Å². The third kappa shape index (κ3) is 3.86. The van der Waals surface area contributed by atoms with Crippen LogP contribution in [0.2, 0.25) is 0 Å². The van der Waals surface area contributed by atoms with E-state index in [0.29, 0.717) is 31.1 Å². The number of carbonyl (C=O) groups excluding carboxylic acids is 1. The number of nitrogens with one attached hydrogen (secondary N) is 2. The van der Waals surface area contributed by atoms with Gasteiger partial charge >= 0.3 is 0 Å². The predicted octanol–water partition coefficient (Wildman–Crippen LogP) is 2.96. The van der Waals surface area contributed by atoms with Crippen LogP contribution in [0.5, 0.6) is 0 Å². The van der Waals surface area contributed by atoms with Gasteiger partial charge in [0.25, 0.3) is 5.56 Å². The molecule has 5 nitrogen and oxygen atoms in total. The first-order chi connectivity index (χ1) is 11.5. The van der Waals surface area contributed by atoms with Crippen molar-refractivity contribution in [3.05, 3.63) is 26.6 Å². The number of fused-ring (bicyclic) bond motifs is 3. The standard InChI is InChI=1S/C18H25N3O2S/c1-11(2)10-19-15(22)9-8-14-20-17(23)16-12-6-4-3-5-7-13(12)24-18(16)21-14/h11H,3-10H2,1-2H3,(H,19,22)(H,20,21,23). The van der Waals surface area contributed by atoms with E-state index in [1.54, 1.807) is 11.3 Å². The molecule has 0 radical (unpaired) electrons. The van der Waals surface area contributed by atoms with E-state index in [4.69, 9.17) is 0 Å². The molecular formula is C18H25N3O2S. The summed E-state index contributed by atoms with van der Waals surface area (Å²) in [6.07, 6.45) is 6.44. The minimum absolute atomic E-state index is 0.00778. The van der Waals surface area contributed by atoms with Gasteiger partial charge in [-0.25, -0.2) is 4.98 Å². The van der Waals surface area contributed by atoms with Gasteiger partial charge in [0.15, 0.2) is 0 Å². The Hall–Kier alpha value is -1.69. The Morgan fingerprint density at radius 2 is 2.08 bits per heavy atom. The van der Waals surface area contributed by atoms with E-state index in [1.807, 2.05) is 0 Å². The third-order valence-electron chi connectivity index (χ3n) is 4.42. The number of aromatic amines is 1. The van der Waals surface area contributed by atoms with Crippen molar-refractivity contribution in [2.45, 2.75) is 58.8 Å². The molecule has 6 heteroatoms. The number of aromatic nitrogens is 2. The highest BCUT2D eigenvalue weighted by Gasteiger charge is 2.19. The number of H-pyrrole nitrogens is 1. The smallest absolute Gasteiger partial charge is 0.259 e. The van der Waals surface area contributed by atoms with Crippen LogP contribution in [-0.2, 0) is 24.1 Å². The number of rotatable bonds is 5. The molecule has 1 aliphatic rings. The normalized spacial score (nSPS) is 14.6. The summed E-state index contributed by atoms with van der Waals surface area (Å²) in [5, 5.41) is 3.68. The number of thiophene rings is 1. The first-order valence-electron chi connectivity index (χ1n) is 8.84. The van der Waals surface area contributed by atoms with Crippen LogP contribution in [0.15, 0.2) is 4.79 Å². The minimum Gasteiger partial charge on any atom is -0.356 e. The molecule has 24 heavy (non-hydrogen) atoms. The van der Waals surface area contributed by atoms with Crippen molar-refractivity contribution in [3.8, 4) is 0 Å². The minimum atomic E-state index is -0.0445. The van der Waals surface area contributed by atoms with Gasteiger partial charge in [0.1, 0.15) is 10.7 Å². The molecule has 0 aliphatic heterocycles. The fourth-order valence-electron chi connectivity index (χ4n) is 3.14. The lowest BCUT2D eigenvalue weighted by atomic mass is 10.1. The van der Waals surface area contributed by atoms with Crippen LogP contribution in [0.3, 0.4) is 0 Å². The fourth-order valence-corrected chi connectivity index (χ4v) is 4.42. The quantitative estimate of drug-likeness (QED) is 0.817. The van der Waals surface area contributed by atoms with Gasteiger partial charge in [0, 0.05) is 24.3 Å². The maximum atomic E-state index is 12.5. The summed E-state index contributed by atoms with van der Waals surface area (Å²) in [5.41, 5.74) is 1.17. The van der Waals surface area contributed by atoms with E-state index in [-0.39, 0.29) is 11.5 Å². The lowest BCUT2D eigenvalue weighted by molar-refractivity contribution is -0.121.